The molecule has 0 bridgehead atoms. The van der Waals surface area contributed by atoms with Crippen molar-refractivity contribution in [2.45, 2.75) is 33.0 Å². The third-order valence-corrected chi connectivity index (χ3v) is 2.71. The second kappa shape index (κ2) is 4.76. The fraction of sp³-hybridized carbons (Fsp3) is 0.333. The van der Waals surface area contributed by atoms with Crippen LogP contribution in [-0.2, 0) is 0 Å². The van der Waals surface area contributed by atoms with Gasteiger partial charge in [0, 0.05) is 5.56 Å². The van der Waals surface area contributed by atoms with E-state index in [1.807, 2.05) is 50.2 Å². The van der Waals surface area contributed by atoms with Gasteiger partial charge < -0.3 is 9.84 Å². The Balaban J connectivity index is 2.64. The fourth-order valence-corrected chi connectivity index (χ4v) is 2.06. The number of ether oxygens (including phenoxy) is 1. The van der Waals surface area contributed by atoms with Gasteiger partial charge in [-0.05, 0) is 37.6 Å². The number of hydrogen-bond donors (Lipinski definition) is 1. The van der Waals surface area contributed by atoms with Crippen LogP contribution in [0.4, 0.5) is 0 Å². The molecule has 0 heterocycles. The molecule has 2 aromatic carbocycles. The lowest BCUT2D eigenvalue weighted by Gasteiger charge is -2.18. The maximum absolute atomic E-state index is 9.94. The summed E-state index contributed by atoms with van der Waals surface area (Å²) >= 11 is 0. The number of aliphatic hydroxyl groups is 1. The minimum Gasteiger partial charge on any atom is -0.491 e. The Hall–Kier alpha value is -1.54. The zero-order valence-electron chi connectivity index (χ0n) is 10.5. The minimum absolute atomic E-state index is 0.105. The van der Waals surface area contributed by atoms with Crippen LogP contribution in [0.1, 0.15) is 32.4 Å². The standard InChI is InChI=1S/C15H18O2/c1-10(2)17-14-9-8-12-6-4-5-7-13(12)15(14)11(3)16/h4-11,16H,1-3H3. The maximum Gasteiger partial charge on any atom is 0.126 e. The average molecular weight is 230 g/mol. The molecule has 0 amide bonds. The molecule has 0 fully saturated rings. The van der Waals surface area contributed by atoms with Crippen molar-refractivity contribution in [3.05, 3.63) is 42.0 Å². The quantitative estimate of drug-likeness (QED) is 0.871. The lowest BCUT2D eigenvalue weighted by atomic mass is 10.00. The highest BCUT2D eigenvalue weighted by molar-refractivity contribution is 5.88. The van der Waals surface area contributed by atoms with Crippen LogP contribution < -0.4 is 4.74 Å². The summed E-state index contributed by atoms with van der Waals surface area (Å²) in [6.07, 6.45) is -0.427. The Kier molecular flexibility index (Phi) is 3.34. The molecule has 0 saturated carbocycles. The molecule has 0 aliphatic heterocycles. The summed E-state index contributed by atoms with van der Waals surface area (Å²) < 4.78 is 5.75. The predicted octanol–water partition coefficient (Wildman–Crippen LogP) is 3.68. The van der Waals surface area contributed by atoms with Gasteiger partial charge in [-0.25, -0.2) is 0 Å². The maximum atomic E-state index is 9.94. The molecular formula is C15H18O2. The zero-order valence-corrected chi connectivity index (χ0v) is 10.5. The molecule has 0 aromatic heterocycles. The Morgan fingerprint density at radius 2 is 1.71 bits per heavy atom. The van der Waals surface area contributed by atoms with Crippen molar-refractivity contribution in [1.29, 1.82) is 0 Å². The first kappa shape index (κ1) is 11.9. The first-order valence-corrected chi connectivity index (χ1v) is 5.96. The van der Waals surface area contributed by atoms with E-state index in [1.165, 1.54) is 0 Å². The van der Waals surface area contributed by atoms with Gasteiger partial charge in [-0.2, -0.15) is 0 Å². The van der Waals surface area contributed by atoms with Crippen LogP contribution >= 0.6 is 0 Å². The second-order valence-corrected chi connectivity index (χ2v) is 4.54. The van der Waals surface area contributed by atoms with Crippen molar-refractivity contribution in [3.8, 4) is 5.75 Å². The van der Waals surface area contributed by atoms with E-state index in [2.05, 4.69) is 0 Å². The molecule has 0 radical (unpaired) electrons. The van der Waals surface area contributed by atoms with Crippen LogP contribution in [0.3, 0.4) is 0 Å². The van der Waals surface area contributed by atoms with Crippen LogP contribution in [0, 0.1) is 0 Å². The Morgan fingerprint density at radius 3 is 2.35 bits per heavy atom. The topological polar surface area (TPSA) is 29.5 Å². The summed E-state index contributed by atoms with van der Waals surface area (Å²) in [7, 11) is 0. The van der Waals surface area contributed by atoms with Gasteiger partial charge in [0.2, 0.25) is 0 Å². The van der Waals surface area contributed by atoms with Gasteiger partial charge in [0.05, 0.1) is 12.2 Å². The first-order chi connectivity index (χ1) is 8.09. The van der Waals surface area contributed by atoms with Crippen molar-refractivity contribution in [3.63, 3.8) is 0 Å². The molecule has 2 heteroatoms. The number of fused-ring (bicyclic) bond motifs is 1. The van der Waals surface area contributed by atoms with Gasteiger partial charge in [-0.15, -0.1) is 0 Å². The lowest BCUT2D eigenvalue weighted by molar-refractivity contribution is 0.184. The van der Waals surface area contributed by atoms with Crippen molar-refractivity contribution in [2.24, 2.45) is 0 Å². The van der Waals surface area contributed by atoms with Gasteiger partial charge in [-0.3, -0.25) is 0 Å². The Morgan fingerprint density at radius 1 is 1.00 bits per heavy atom. The smallest absolute Gasteiger partial charge is 0.126 e. The average Bonchev–Trinajstić information content (AvgIpc) is 2.27. The SMILES string of the molecule is CC(C)Oc1ccc2ccccc2c1C(C)O. The van der Waals surface area contributed by atoms with Crippen molar-refractivity contribution >= 4 is 10.8 Å². The molecule has 0 spiro atoms. The number of hydrogen-bond acceptors (Lipinski definition) is 2. The van der Waals surface area contributed by atoms with Crippen LogP contribution in [0.25, 0.3) is 10.8 Å². The number of rotatable bonds is 3. The summed E-state index contributed by atoms with van der Waals surface area (Å²) in [4.78, 5) is 0. The van der Waals surface area contributed by atoms with E-state index in [4.69, 9.17) is 4.74 Å². The van der Waals surface area contributed by atoms with E-state index in [0.29, 0.717) is 0 Å². The van der Waals surface area contributed by atoms with E-state index < -0.39 is 6.10 Å². The Bertz CT molecular complexity index is 515. The van der Waals surface area contributed by atoms with E-state index in [-0.39, 0.29) is 6.10 Å². The van der Waals surface area contributed by atoms with Gasteiger partial charge in [0.15, 0.2) is 0 Å². The van der Waals surface area contributed by atoms with E-state index >= 15 is 0 Å². The van der Waals surface area contributed by atoms with Gasteiger partial charge in [0.25, 0.3) is 0 Å². The molecule has 17 heavy (non-hydrogen) atoms. The van der Waals surface area contributed by atoms with Crippen LogP contribution in [0.5, 0.6) is 5.75 Å². The van der Waals surface area contributed by atoms with Crippen LogP contribution in [0.15, 0.2) is 36.4 Å². The fourth-order valence-electron chi connectivity index (χ4n) is 2.06. The lowest BCUT2D eigenvalue weighted by Crippen LogP contribution is -2.08. The Labute approximate surface area is 102 Å². The summed E-state index contributed by atoms with van der Waals surface area (Å²) in [5, 5.41) is 12.1. The van der Waals surface area contributed by atoms with Gasteiger partial charge in [-0.1, -0.05) is 30.3 Å². The molecule has 2 nitrogen and oxygen atoms in total. The molecule has 2 rings (SSSR count). The second-order valence-electron chi connectivity index (χ2n) is 4.54. The van der Waals surface area contributed by atoms with Crippen LogP contribution in [0.2, 0.25) is 0 Å². The molecule has 0 aliphatic carbocycles. The molecule has 0 saturated heterocycles. The van der Waals surface area contributed by atoms with E-state index in [1.54, 1.807) is 6.92 Å². The highest BCUT2D eigenvalue weighted by atomic mass is 16.5. The molecule has 1 unspecified atom stereocenters. The highest BCUT2D eigenvalue weighted by Crippen LogP contribution is 2.33. The normalized spacial score (nSPS) is 13.0. The first-order valence-electron chi connectivity index (χ1n) is 5.96. The van der Waals surface area contributed by atoms with E-state index in [0.717, 1.165) is 22.1 Å². The zero-order chi connectivity index (χ0) is 12.4. The van der Waals surface area contributed by atoms with E-state index in [9.17, 15) is 5.11 Å². The molecule has 0 aliphatic rings. The summed E-state index contributed by atoms with van der Waals surface area (Å²) in [5.41, 5.74) is 0.872. The summed E-state index contributed by atoms with van der Waals surface area (Å²) in [6.45, 7) is 5.75. The van der Waals surface area contributed by atoms with Gasteiger partial charge >= 0.3 is 0 Å². The third kappa shape index (κ3) is 2.42. The largest absolute Gasteiger partial charge is 0.491 e. The highest BCUT2D eigenvalue weighted by Gasteiger charge is 2.14. The van der Waals surface area contributed by atoms with Crippen LogP contribution in [-0.4, -0.2) is 11.2 Å². The molecule has 90 valence electrons. The van der Waals surface area contributed by atoms with Gasteiger partial charge in [0.1, 0.15) is 5.75 Å². The molecule has 1 atom stereocenters. The third-order valence-electron chi connectivity index (χ3n) is 2.71. The van der Waals surface area contributed by atoms with Crippen molar-refractivity contribution in [1.82, 2.24) is 0 Å². The monoisotopic (exact) mass is 230 g/mol. The summed E-state index contributed by atoms with van der Waals surface area (Å²) in [6, 6.07) is 12.0. The van der Waals surface area contributed by atoms with Crippen molar-refractivity contribution < 1.29 is 9.84 Å². The molecular weight excluding hydrogens is 212 g/mol. The predicted molar refractivity (Wildman–Crippen MR) is 70.3 cm³/mol. The minimum atomic E-state index is -0.533. The molecule has 1 N–H and O–H groups in total. The molecule has 2 aromatic rings. The summed E-state index contributed by atoms with van der Waals surface area (Å²) in [5.74, 6) is 0.772. The number of benzene rings is 2. The number of aliphatic hydroxyl groups excluding tert-OH is 1. The van der Waals surface area contributed by atoms with Crippen molar-refractivity contribution in [2.75, 3.05) is 0 Å².